The summed E-state index contributed by atoms with van der Waals surface area (Å²) in [5, 5.41) is 9.95. The van der Waals surface area contributed by atoms with Gasteiger partial charge in [-0.05, 0) is 57.4 Å². The second-order valence-corrected chi connectivity index (χ2v) is 7.26. The Balaban J connectivity index is 1.46. The first-order valence-corrected chi connectivity index (χ1v) is 9.07. The smallest absolute Gasteiger partial charge is 0.0500 e. The minimum Gasteiger partial charge on any atom is -0.396 e. The van der Waals surface area contributed by atoms with Crippen LogP contribution in [0.3, 0.4) is 0 Å². The fourth-order valence-corrected chi connectivity index (χ4v) is 3.89. The Labute approximate surface area is 140 Å². The van der Waals surface area contributed by atoms with Crippen molar-refractivity contribution in [3.8, 4) is 0 Å². The van der Waals surface area contributed by atoms with E-state index in [-0.39, 0.29) is 5.41 Å². The molecule has 3 nitrogen and oxygen atoms in total. The van der Waals surface area contributed by atoms with Crippen LogP contribution >= 0.6 is 0 Å². The topological polar surface area (TPSA) is 26.7 Å². The van der Waals surface area contributed by atoms with Gasteiger partial charge in [-0.2, -0.15) is 0 Å². The Morgan fingerprint density at radius 2 is 1.65 bits per heavy atom. The number of aliphatic hydroxyl groups excluding tert-OH is 1. The van der Waals surface area contributed by atoms with Gasteiger partial charge in [0.25, 0.3) is 0 Å². The van der Waals surface area contributed by atoms with Gasteiger partial charge in [-0.1, -0.05) is 42.5 Å². The predicted molar refractivity (Wildman–Crippen MR) is 96.3 cm³/mol. The molecule has 0 amide bonds. The average Bonchev–Trinajstić information content (AvgIpc) is 3.10. The van der Waals surface area contributed by atoms with Crippen LogP contribution in [0.15, 0.2) is 36.4 Å². The molecule has 0 aliphatic carbocycles. The molecule has 23 heavy (non-hydrogen) atoms. The van der Waals surface area contributed by atoms with E-state index in [0.717, 1.165) is 39.0 Å². The second kappa shape index (κ2) is 8.09. The Hall–Kier alpha value is -1.16. The number of rotatable bonds is 6. The summed E-state index contributed by atoms with van der Waals surface area (Å²) in [6.07, 6.45) is 9.38. The first kappa shape index (κ1) is 16.7. The number of piperidine rings is 1. The molecule has 0 radical (unpaired) electrons. The van der Waals surface area contributed by atoms with Gasteiger partial charge in [0.05, 0.1) is 6.61 Å². The van der Waals surface area contributed by atoms with E-state index in [1.54, 1.807) is 0 Å². The molecule has 126 valence electrons. The molecule has 2 saturated heterocycles. The largest absolute Gasteiger partial charge is 0.396 e. The second-order valence-electron chi connectivity index (χ2n) is 7.26. The van der Waals surface area contributed by atoms with Gasteiger partial charge < -0.3 is 10.0 Å². The zero-order chi connectivity index (χ0) is 16.0. The number of aliphatic hydroxyl groups is 1. The summed E-state index contributed by atoms with van der Waals surface area (Å²) in [6.45, 7) is 7.12. The minimum absolute atomic E-state index is 0.143. The first-order valence-electron chi connectivity index (χ1n) is 9.07. The maximum atomic E-state index is 9.95. The van der Waals surface area contributed by atoms with Crippen LogP contribution in [-0.4, -0.2) is 60.8 Å². The molecule has 1 aromatic rings. The summed E-state index contributed by atoms with van der Waals surface area (Å²) in [5.41, 5.74) is 1.41. The van der Waals surface area contributed by atoms with Gasteiger partial charge >= 0.3 is 0 Å². The van der Waals surface area contributed by atoms with Gasteiger partial charge in [-0.15, -0.1) is 0 Å². The van der Waals surface area contributed by atoms with Crippen LogP contribution in [0.5, 0.6) is 0 Å². The van der Waals surface area contributed by atoms with Crippen molar-refractivity contribution in [3.63, 3.8) is 0 Å². The standard InChI is InChI=1S/C20H30N2O/c23-18-20(17-22-12-4-5-13-22)10-15-21(16-11-20)14-6-9-19-7-2-1-3-8-19/h1-3,6-9,23H,4-5,10-18H2. The molecule has 2 fully saturated rings. The minimum atomic E-state index is 0.143. The van der Waals surface area contributed by atoms with Crippen LogP contribution in [0.1, 0.15) is 31.2 Å². The lowest BCUT2D eigenvalue weighted by Gasteiger charge is -2.42. The lowest BCUT2D eigenvalue weighted by Crippen LogP contribution is -2.47. The highest BCUT2D eigenvalue weighted by Crippen LogP contribution is 2.33. The van der Waals surface area contributed by atoms with Crippen LogP contribution in [0, 0.1) is 5.41 Å². The molecule has 1 aromatic carbocycles. The van der Waals surface area contributed by atoms with E-state index in [4.69, 9.17) is 0 Å². The van der Waals surface area contributed by atoms with Crippen LogP contribution in [0.25, 0.3) is 6.08 Å². The first-order chi connectivity index (χ1) is 11.3. The van der Waals surface area contributed by atoms with Gasteiger partial charge in [-0.3, -0.25) is 4.90 Å². The summed E-state index contributed by atoms with van der Waals surface area (Å²) in [6, 6.07) is 10.5. The molecule has 2 heterocycles. The molecule has 1 N–H and O–H groups in total. The van der Waals surface area contributed by atoms with Crippen molar-refractivity contribution in [2.24, 2.45) is 5.41 Å². The normalized spacial score (nSPS) is 22.8. The van der Waals surface area contributed by atoms with E-state index in [0.29, 0.717) is 6.61 Å². The Bertz CT molecular complexity index is 486. The highest BCUT2D eigenvalue weighted by Gasteiger charge is 2.35. The SMILES string of the molecule is OCC1(CN2CCCC2)CCN(CC=Cc2ccccc2)CC1. The van der Waals surface area contributed by atoms with E-state index in [9.17, 15) is 5.11 Å². The van der Waals surface area contributed by atoms with Gasteiger partial charge in [0.15, 0.2) is 0 Å². The van der Waals surface area contributed by atoms with Crippen LogP contribution in [-0.2, 0) is 0 Å². The summed E-state index contributed by atoms with van der Waals surface area (Å²) >= 11 is 0. The summed E-state index contributed by atoms with van der Waals surface area (Å²) in [7, 11) is 0. The number of hydrogen-bond acceptors (Lipinski definition) is 3. The number of benzene rings is 1. The van der Waals surface area contributed by atoms with Crippen molar-refractivity contribution in [3.05, 3.63) is 42.0 Å². The third kappa shape index (κ3) is 4.66. The molecule has 0 spiro atoms. The van der Waals surface area contributed by atoms with Crippen molar-refractivity contribution in [2.75, 3.05) is 45.9 Å². The molecule has 3 heteroatoms. The third-order valence-electron chi connectivity index (χ3n) is 5.48. The monoisotopic (exact) mass is 314 g/mol. The van der Waals surface area contributed by atoms with Crippen LogP contribution < -0.4 is 0 Å². The van der Waals surface area contributed by atoms with E-state index in [2.05, 4.69) is 52.3 Å². The van der Waals surface area contributed by atoms with Crippen LogP contribution in [0.4, 0.5) is 0 Å². The van der Waals surface area contributed by atoms with E-state index in [1.165, 1.54) is 31.5 Å². The summed E-state index contributed by atoms with van der Waals surface area (Å²) < 4.78 is 0. The lowest BCUT2D eigenvalue weighted by molar-refractivity contribution is 0.0218. The van der Waals surface area contributed by atoms with E-state index < -0.39 is 0 Å². The van der Waals surface area contributed by atoms with Crippen molar-refractivity contribution >= 4 is 6.08 Å². The van der Waals surface area contributed by atoms with Crippen molar-refractivity contribution in [1.29, 1.82) is 0 Å². The zero-order valence-electron chi connectivity index (χ0n) is 14.2. The van der Waals surface area contributed by atoms with E-state index in [1.807, 2.05) is 0 Å². The fourth-order valence-electron chi connectivity index (χ4n) is 3.89. The lowest BCUT2D eigenvalue weighted by atomic mass is 9.78. The Morgan fingerprint density at radius 1 is 0.957 bits per heavy atom. The molecular weight excluding hydrogens is 284 g/mol. The fraction of sp³-hybridized carbons (Fsp3) is 0.600. The molecule has 0 bridgehead atoms. The van der Waals surface area contributed by atoms with Gasteiger partial charge in [-0.25, -0.2) is 0 Å². The zero-order valence-corrected chi connectivity index (χ0v) is 14.2. The molecule has 0 unspecified atom stereocenters. The van der Waals surface area contributed by atoms with Crippen molar-refractivity contribution in [2.45, 2.75) is 25.7 Å². The number of likely N-dealkylation sites (tertiary alicyclic amines) is 2. The maximum absolute atomic E-state index is 9.95. The van der Waals surface area contributed by atoms with Gasteiger partial charge in [0.1, 0.15) is 0 Å². The molecule has 0 atom stereocenters. The molecule has 0 saturated carbocycles. The quantitative estimate of drug-likeness (QED) is 0.874. The molecule has 3 rings (SSSR count). The third-order valence-corrected chi connectivity index (χ3v) is 5.48. The highest BCUT2D eigenvalue weighted by molar-refractivity contribution is 5.48. The summed E-state index contributed by atoms with van der Waals surface area (Å²) in [4.78, 5) is 5.07. The van der Waals surface area contributed by atoms with Gasteiger partial charge in [0, 0.05) is 18.5 Å². The maximum Gasteiger partial charge on any atom is 0.0500 e. The predicted octanol–water partition coefficient (Wildman–Crippen LogP) is 2.87. The van der Waals surface area contributed by atoms with Gasteiger partial charge in [0.2, 0.25) is 0 Å². The molecular formula is C20H30N2O. The molecule has 2 aliphatic rings. The average molecular weight is 314 g/mol. The highest BCUT2D eigenvalue weighted by atomic mass is 16.3. The van der Waals surface area contributed by atoms with Crippen molar-refractivity contribution in [1.82, 2.24) is 9.80 Å². The molecule has 0 aromatic heterocycles. The van der Waals surface area contributed by atoms with E-state index >= 15 is 0 Å². The van der Waals surface area contributed by atoms with Crippen molar-refractivity contribution < 1.29 is 5.11 Å². The Kier molecular flexibility index (Phi) is 5.87. The number of hydrogen-bond donors (Lipinski definition) is 1. The van der Waals surface area contributed by atoms with Crippen LogP contribution in [0.2, 0.25) is 0 Å². The number of nitrogens with zero attached hydrogens (tertiary/aromatic N) is 2. The molecule has 2 aliphatic heterocycles. The summed E-state index contributed by atoms with van der Waals surface area (Å²) in [5.74, 6) is 0. The Morgan fingerprint density at radius 3 is 2.30 bits per heavy atom.